The van der Waals surface area contributed by atoms with Gasteiger partial charge in [0, 0.05) is 10.7 Å². The number of carboxylic acid groups (broad SMARTS) is 1. The van der Waals surface area contributed by atoms with Gasteiger partial charge in [0.15, 0.2) is 0 Å². The number of hydrogen-bond donors (Lipinski definition) is 1. The molecule has 2 heterocycles. The minimum atomic E-state index is -0.769. The Morgan fingerprint density at radius 1 is 1.29 bits per heavy atom. The molecule has 3 rings (SSSR count). The number of aryl methyl sites for hydroxylation is 1. The summed E-state index contributed by atoms with van der Waals surface area (Å²) >= 11 is 6.19. The zero-order valence-corrected chi connectivity index (χ0v) is 14.4. The molecule has 0 aliphatic carbocycles. The Morgan fingerprint density at radius 3 is 2.79 bits per heavy atom. The molecule has 126 valence electrons. The molecule has 1 aromatic carbocycles. The van der Waals surface area contributed by atoms with Crippen LogP contribution in [-0.4, -0.2) is 33.5 Å². The molecule has 5 heteroatoms. The number of pyridine rings is 1. The molecule has 2 aromatic rings. The minimum absolute atomic E-state index is 0.204. The van der Waals surface area contributed by atoms with E-state index in [0.717, 1.165) is 36.3 Å². The highest BCUT2D eigenvalue weighted by atomic mass is 35.5. The first kappa shape index (κ1) is 16.9. The van der Waals surface area contributed by atoms with E-state index in [9.17, 15) is 9.90 Å². The van der Waals surface area contributed by atoms with Crippen molar-refractivity contribution < 1.29 is 9.90 Å². The predicted molar refractivity (Wildman–Crippen MR) is 94.2 cm³/mol. The van der Waals surface area contributed by atoms with Crippen LogP contribution in [0.25, 0.3) is 0 Å². The Balaban J connectivity index is 2.09. The fourth-order valence-electron chi connectivity index (χ4n) is 3.45. The van der Waals surface area contributed by atoms with E-state index < -0.39 is 12.0 Å². The molecule has 1 aromatic heterocycles. The molecule has 1 saturated heterocycles. The van der Waals surface area contributed by atoms with Gasteiger partial charge in [-0.2, -0.15) is 0 Å². The number of halogens is 1. The summed E-state index contributed by atoms with van der Waals surface area (Å²) in [6.07, 6.45) is 2.60. The Hall–Kier alpha value is -1.91. The lowest BCUT2D eigenvalue weighted by molar-refractivity contribution is -0.145. The average Bonchev–Trinajstić information content (AvgIpc) is 2.56. The zero-order chi connectivity index (χ0) is 17.1. The lowest BCUT2D eigenvalue weighted by atomic mass is 9.94. The van der Waals surface area contributed by atoms with Gasteiger partial charge >= 0.3 is 5.97 Å². The zero-order valence-electron chi connectivity index (χ0n) is 13.7. The summed E-state index contributed by atoms with van der Waals surface area (Å²) in [5.74, 6) is -0.769. The first-order chi connectivity index (χ1) is 11.6. The molecule has 1 fully saturated rings. The van der Waals surface area contributed by atoms with E-state index in [1.54, 1.807) is 0 Å². The maximum Gasteiger partial charge on any atom is 0.320 e. The van der Waals surface area contributed by atoms with Gasteiger partial charge in [0.05, 0.1) is 11.7 Å². The first-order valence-corrected chi connectivity index (χ1v) is 8.61. The van der Waals surface area contributed by atoms with E-state index in [1.165, 1.54) is 0 Å². The Kier molecular flexibility index (Phi) is 5.17. The molecule has 0 saturated carbocycles. The number of hydrogen-bond acceptors (Lipinski definition) is 3. The van der Waals surface area contributed by atoms with Gasteiger partial charge in [0.2, 0.25) is 0 Å². The fraction of sp³-hybridized carbons (Fsp3) is 0.368. The summed E-state index contributed by atoms with van der Waals surface area (Å²) in [5.41, 5.74) is 2.77. The van der Waals surface area contributed by atoms with Crippen LogP contribution in [0.15, 0.2) is 42.5 Å². The van der Waals surface area contributed by atoms with Crippen LogP contribution < -0.4 is 0 Å². The van der Waals surface area contributed by atoms with Crippen molar-refractivity contribution in [2.24, 2.45) is 0 Å². The number of rotatable bonds is 4. The van der Waals surface area contributed by atoms with Crippen LogP contribution in [0.2, 0.25) is 5.02 Å². The van der Waals surface area contributed by atoms with Gasteiger partial charge in [0.1, 0.15) is 6.04 Å². The molecule has 2 atom stereocenters. The first-order valence-electron chi connectivity index (χ1n) is 8.24. The standard InChI is InChI=1S/C19H21ClN2O2/c1-13-6-4-9-16(21-13)18(14-7-5-8-15(20)12-14)22-11-3-2-10-17(22)19(23)24/h4-9,12,17-18H,2-3,10-11H2,1H3,(H,23,24). The molecule has 0 radical (unpaired) electrons. The summed E-state index contributed by atoms with van der Waals surface area (Å²) in [7, 11) is 0. The number of piperidine rings is 1. The molecule has 0 amide bonds. The highest BCUT2D eigenvalue weighted by molar-refractivity contribution is 6.30. The topological polar surface area (TPSA) is 53.4 Å². The van der Waals surface area contributed by atoms with Crippen LogP contribution in [-0.2, 0) is 4.79 Å². The van der Waals surface area contributed by atoms with E-state index in [0.29, 0.717) is 11.4 Å². The Morgan fingerprint density at radius 2 is 2.08 bits per heavy atom. The second-order valence-electron chi connectivity index (χ2n) is 6.25. The summed E-state index contributed by atoms with van der Waals surface area (Å²) in [5, 5.41) is 10.3. The Bertz CT molecular complexity index is 689. The number of aliphatic carboxylic acids is 1. The smallest absolute Gasteiger partial charge is 0.320 e. The van der Waals surface area contributed by atoms with Crippen LogP contribution in [0, 0.1) is 6.92 Å². The molecule has 0 spiro atoms. The van der Waals surface area contributed by atoms with Crippen molar-refractivity contribution in [3.05, 3.63) is 64.4 Å². The van der Waals surface area contributed by atoms with Crippen molar-refractivity contribution >= 4 is 17.6 Å². The van der Waals surface area contributed by atoms with Gasteiger partial charge in [-0.1, -0.05) is 36.2 Å². The summed E-state index contributed by atoms with van der Waals surface area (Å²) in [4.78, 5) is 18.5. The molecule has 24 heavy (non-hydrogen) atoms. The largest absolute Gasteiger partial charge is 0.480 e. The van der Waals surface area contributed by atoms with Gasteiger partial charge in [-0.15, -0.1) is 0 Å². The van der Waals surface area contributed by atoms with Crippen molar-refractivity contribution in [1.82, 2.24) is 9.88 Å². The third kappa shape index (κ3) is 3.60. The third-order valence-electron chi connectivity index (χ3n) is 4.52. The number of carbonyl (C=O) groups is 1. The van der Waals surface area contributed by atoms with Gasteiger partial charge < -0.3 is 5.11 Å². The maximum absolute atomic E-state index is 11.8. The molecular weight excluding hydrogens is 324 g/mol. The Labute approximate surface area is 147 Å². The minimum Gasteiger partial charge on any atom is -0.480 e. The van der Waals surface area contributed by atoms with Crippen molar-refractivity contribution in [2.75, 3.05) is 6.54 Å². The fourth-order valence-corrected chi connectivity index (χ4v) is 3.65. The summed E-state index contributed by atoms with van der Waals surface area (Å²) < 4.78 is 0. The molecule has 1 N–H and O–H groups in total. The normalized spacial score (nSPS) is 19.8. The van der Waals surface area contributed by atoms with Crippen LogP contribution >= 0.6 is 11.6 Å². The third-order valence-corrected chi connectivity index (χ3v) is 4.75. The molecule has 2 unspecified atom stereocenters. The molecule has 0 bridgehead atoms. The van der Waals surface area contributed by atoms with Gasteiger partial charge in [-0.05, 0) is 56.1 Å². The van der Waals surface area contributed by atoms with Crippen molar-refractivity contribution in [3.8, 4) is 0 Å². The SMILES string of the molecule is Cc1cccc(C(c2cccc(Cl)c2)N2CCCCC2C(=O)O)n1. The average molecular weight is 345 g/mol. The van der Waals surface area contributed by atoms with E-state index in [4.69, 9.17) is 11.6 Å². The van der Waals surface area contributed by atoms with Gasteiger partial charge in [-0.25, -0.2) is 0 Å². The monoisotopic (exact) mass is 344 g/mol. The number of nitrogens with zero attached hydrogens (tertiary/aromatic N) is 2. The van der Waals surface area contributed by atoms with Crippen LogP contribution in [0.4, 0.5) is 0 Å². The number of likely N-dealkylation sites (tertiary alicyclic amines) is 1. The van der Waals surface area contributed by atoms with Crippen molar-refractivity contribution in [2.45, 2.75) is 38.3 Å². The quantitative estimate of drug-likeness (QED) is 0.908. The molecule has 1 aliphatic heterocycles. The van der Waals surface area contributed by atoms with E-state index >= 15 is 0 Å². The summed E-state index contributed by atoms with van der Waals surface area (Å²) in [6, 6.07) is 12.8. The van der Waals surface area contributed by atoms with E-state index in [-0.39, 0.29) is 6.04 Å². The van der Waals surface area contributed by atoms with Crippen molar-refractivity contribution in [1.29, 1.82) is 0 Å². The summed E-state index contributed by atoms with van der Waals surface area (Å²) in [6.45, 7) is 2.69. The molecular formula is C19H21ClN2O2. The lowest BCUT2D eigenvalue weighted by Gasteiger charge is -2.39. The van der Waals surface area contributed by atoms with Gasteiger partial charge in [0.25, 0.3) is 0 Å². The van der Waals surface area contributed by atoms with Crippen LogP contribution in [0.1, 0.15) is 42.3 Å². The highest BCUT2D eigenvalue weighted by Crippen LogP contribution is 2.34. The predicted octanol–water partition coefficient (Wildman–Crippen LogP) is 4.07. The molecule has 4 nitrogen and oxygen atoms in total. The van der Waals surface area contributed by atoms with E-state index in [1.807, 2.05) is 49.4 Å². The number of benzene rings is 1. The number of aromatic nitrogens is 1. The van der Waals surface area contributed by atoms with Crippen molar-refractivity contribution in [3.63, 3.8) is 0 Å². The van der Waals surface area contributed by atoms with Crippen LogP contribution in [0.5, 0.6) is 0 Å². The second kappa shape index (κ2) is 7.32. The van der Waals surface area contributed by atoms with Crippen LogP contribution in [0.3, 0.4) is 0 Å². The number of carboxylic acids is 1. The second-order valence-corrected chi connectivity index (χ2v) is 6.69. The van der Waals surface area contributed by atoms with E-state index in [2.05, 4.69) is 9.88 Å². The van der Waals surface area contributed by atoms with Gasteiger partial charge in [-0.3, -0.25) is 14.7 Å². The highest BCUT2D eigenvalue weighted by Gasteiger charge is 2.35. The molecule has 1 aliphatic rings. The maximum atomic E-state index is 11.8. The lowest BCUT2D eigenvalue weighted by Crippen LogP contribution is -2.47.